The normalized spacial score (nSPS) is 11.5. The Hall–Kier alpha value is -1.79. The van der Waals surface area contributed by atoms with Gasteiger partial charge in [0.15, 0.2) is 0 Å². The number of nitrogens with zero attached hydrogens (tertiary/aromatic N) is 1. The van der Waals surface area contributed by atoms with Crippen LogP contribution >= 0.6 is 0 Å². The van der Waals surface area contributed by atoms with E-state index in [0.29, 0.717) is 11.3 Å². The van der Waals surface area contributed by atoms with Crippen LogP contribution in [0.4, 0.5) is 4.39 Å². The number of aromatic nitrogens is 1. The summed E-state index contributed by atoms with van der Waals surface area (Å²) < 4.78 is 39.6. The van der Waals surface area contributed by atoms with Gasteiger partial charge in [0.2, 0.25) is 10.0 Å². The van der Waals surface area contributed by atoms with Crippen molar-refractivity contribution in [2.75, 3.05) is 0 Å². The standard InChI is InChI=1S/C13H13FN2O2S/c1-10-8-11(14)5-6-13(10)19(17,18)16-9-12-4-2-3-7-15-12/h2-8,16H,9H2,1H3. The number of benzene rings is 1. The van der Waals surface area contributed by atoms with E-state index in [1.165, 1.54) is 12.1 Å². The Morgan fingerprint density at radius 3 is 2.68 bits per heavy atom. The van der Waals surface area contributed by atoms with E-state index in [-0.39, 0.29) is 11.4 Å². The molecule has 0 bridgehead atoms. The zero-order valence-corrected chi connectivity index (χ0v) is 11.1. The monoisotopic (exact) mass is 280 g/mol. The Kier molecular flexibility index (Phi) is 3.92. The molecule has 2 rings (SSSR count). The van der Waals surface area contributed by atoms with E-state index >= 15 is 0 Å². The van der Waals surface area contributed by atoms with Crippen LogP contribution in [0, 0.1) is 12.7 Å². The Morgan fingerprint density at radius 2 is 2.05 bits per heavy atom. The summed E-state index contributed by atoms with van der Waals surface area (Å²) in [5.74, 6) is -0.457. The number of hydrogen-bond donors (Lipinski definition) is 1. The molecular weight excluding hydrogens is 267 g/mol. The lowest BCUT2D eigenvalue weighted by Gasteiger charge is -2.09. The first-order valence-corrected chi connectivity index (χ1v) is 7.13. The second-order valence-electron chi connectivity index (χ2n) is 4.06. The summed E-state index contributed by atoms with van der Waals surface area (Å²) in [5, 5.41) is 0. The maximum absolute atomic E-state index is 13.0. The van der Waals surface area contributed by atoms with Crippen molar-refractivity contribution < 1.29 is 12.8 Å². The molecular formula is C13H13FN2O2S. The molecule has 4 nitrogen and oxygen atoms in total. The van der Waals surface area contributed by atoms with Crippen LogP contribution in [0.1, 0.15) is 11.3 Å². The molecule has 1 aromatic heterocycles. The third-order valence-electron chi connectivity index (χ3n) is 2.60. The number of pyridine rings is 1. The van der Waals surface area contributed by atoms with Crippen molar-refractivity contribution in [1.82, 2.24) is 9.71 Å². The van der Waals surface area contributed by atoms with Crippen molar-refractivity contribution in [3.05, 3.63) is 59.7 Å². The second-order valence-corrected chi connectivity index (χ2v) is 5.79. The molecule has 1 heterocycles. The molecule has 19 heavy (non-hydrogen) atoms. The lowest BCUT2D eigenvalue weighted by Crippen LogP contribution is -2.24. The summed E-state index contributed by atoms with van der Waals surface area (Å²) in [5.41, 5.74) is 0.986. The van der Waals surface area contributed by atoms with Gasteiger partial charge in [0.1, 0.15) is 5.82 Å². The highest BCUT2D eigenvalue weighted by atomic mass is 32.2. The summed E-state index contributed by atoms with van der Waals surface area (Å²) in [7, 11) is -3.66. The molecule has 1 aromatic carbocycles. The van der Waals surface area contributed by atoms with Gasteiger partial charge in [-0.15, -0.1) is 0 Å². The summed E-state index contributed by atoms with van der Waals surface area (Å²) in [6.07, 6.45) is 1.59. The van der Waals surface area contributed by atoms with Gasteiger partial charge in [-0.25, -0.2) is 17.5 Å². The van der Waals surface area contributed by atoms with Crippen LogP contribution in [0.25, 0.3) is 0 Å². The topological polar surface area (TPSA) is 59.1 Å². The number of aryl methyl sites for hydroxylation is 1. The first-order chi connectivity index (χ1) is 8.99. The molecule has 0 saturated heterocycles. The van der Waals surface area contributed by atoms with Gasteiger partial charge in [0.05, 0.1) is 17.1 Å². The lowest BCUT2D eigenvalue weighted by molar-refractivity contribution is 0.578. The van der Waals surface area contributed by atoms with Crippen LogP contribution < -0.4 is 4.72 Å². The van der Waals surface area contributed by atoms with E-state index in [1.807, 2.05) is 0 Å². The molecule has 0 atom stereocenters. The van der Waals surface area contributed by atoms with E-state index in [4.69, 9.17) is 0 Å². The number of rotatable bonds is 4. The molecule has 0 radical (unpaired) electrons. The maximum Gasteiger partial charge on any atom is 0.241 e. The van der Waals surface area contributed by atoms with Crippen molar-refractivity contribution in [2.45, 2.75) is 18.4 Å². The minimum Gasteiger partial charge on any atom is -0.260 e. The number of hydrogen-bond acceptors (Lipinski definition) is 3. The molecule has 0 spiro atoms. The molecule has 0 aliphatic rings. The van der Waals surface area contributed by atoms with E-state index in [9.17, 15) is 12.8 Å². The number of halogens is 1. The summed E-state index contributed by atoms with van der Waals surface area (Å²) in [6, 6.07) is 8.82. The van der Waals surface area contributed by atoms with Crippen LogP contribution in [0.5, 0.6) is 0 Å². The quantitative estimate of drug-likeness (QED) is 0.932. The highest BCUT2D eigenvalue weighted by Gasteiger charge is 2.16. The van der Waals surface area contributed by atoms with Gasteiger partial charge in [-0.2, -0.15) is 0 Å². The van der Waals surface area contributed by atoms with Gasteiger partial charge >= 0.3 is 0 Å². The van der Waals surface area contributed by atoms with Gasteiger partial charge in [-0.05, 0) is 42.8 Å². The highest BCUT2D eigenvalue weighted by Crippen LogP contribution is 2.16. The Bertz CT molecular complexity index is 672. The van der Waals surface area contributed by atoms with Crippen molar-refractivity contribution in [3.63, 3.8) is 0 Å². The van der Waals surface area contributed by atoms with E-state index in [2.05, 4.69) is 9.71 Å². The molecule has 0 aliphatic carbocycles. The molecule has 1 N–H and O–H groups in total. The lowest BCUT2D eigenvalue weighted by atomic mass is 10.2. The Balaban J connectivity index is 2.19. The van der Waals surface area contributed by atoms with Gasteiger partial charge in [-0.1, -0.05) is 6.07 Å². The first-order valence-electron chi connectivity index (χ1n) is 5.65. The van der Waals surface area contributed by atoms with Crippen LogP contribution in [0.3, 0.4) is 0 Å². The fraction of sp³-hybridized carbons (Fsp3) is 0.154. The average molecular weight is 280 g/mol. The van der Waals surface area contributed by atoms with Crippen LogP contribution in [-0.2, 0) is 16.6 Å². The van der Waals surface area contributed by atoms with Crippen molar-refractivity contribution in [1.29, 1.82) is 0 Å². The number of sulfonamides is 1. The predicted molar refractivity (Wildman–Crippen MR) is 69.4 cm³/mol. The van der Waals surface area contributed by atoms with Crippen LogP contribution in [0.2, 0.25) is 0 Å². The molecule has 100 valence electrons. The Morgan fingerprint density at radius 1 is 1.26 bits per heavy atom. The molecule has 0 amide bonds. The van der Waals surface area contributed by atoms with Gasteiger partial charge in [0, 0.05) is 6.20 Å². The first kappa shape index (κ1) is 13.6. The summed E-state index contributed by atoms with van der Waals surface area (Å²) in [4.78, 5) is 4.10. The molecule has 0 saturated carbocycles. The SMILES string of the molecule is Cc1cc(F)ccc1S(=O)(=O)NCc1ccccn1. The Labute approximate surface area is 111 Å². The molecule has 0 fully saturated rings. The third-order valence-corrected chi connectivity index (χ3v) is 4.16. The zero-order valence-electron chi connectivity index (χ0n) is 10.3. The predicted octanol–water partition coefficient (Wildman–Crippen LogP) is 2.01. The smallest absolute Gasteiger partial charge is 0.241 e. The average Bonchev–Trinajstić information content (AvgIpc) is 2.37. The van der Waals surface area contributed by atoms with Crippen LogP contribution in [-0.4, -0.2) is 13.4 Å². The summed E-state index contributed by atoms with van der Waals surface area (Å²) >= 11 is 0. The van der Waals surface area contributed by atoms with E-state index in [1.54, 1.807) is 31.3 Å². The summed E-state index contributed by atoms with van der Waals surface area (Å²) in [6.45, 7) is 1.65. The minimum absolute atomic E-state index is 0.0739. The highest BCUT2D eigenvalue weighted by molar-refractivity contribution is 7.89. The second kappa shape index (κ2) is 5.46. The third kappa shape index (κ3) is 3.36. The van der Waals surface area contributed by atoms with Crippen molar-refractivity contribution >= 4 is 10.0 Å². The van der Waals surface area contributed by atoms with E-state index < -0.39 is 15.8 Å². The van der Waals surface area contributed by atoms with Gasteiger partial charge < -0.3 is 0 Å². The number of nitrogens with one attached hydrogen (secondary N) is 1. The van der Waals surface area contributed by atoms with Gasteiger partial charge in [0.25, 0.3) is 0 Å². The molecule has 0 aliphatic heterocycles. The molecule has 6 heteroatoms. The zero-order chi connectivity index (χ0) is 13.9. The fourth-order valence-electron chi connectivity index (χ4n) is 1.66. The minimum atomic E-state index is -3.66. The van der Waals surface area contributed by atoms with Crippen LogP contribution in [0.15, 0.2) is 47.5 Å². The maximum atomic E-state index is 13.0. The van der Waals surface area contributed by atoms with Crippen molar-refractivity contribution in [3.8, 4) is 0 Å². The van der Waals surface area contributed by atoms with E-state index in [0.717, 1.165) is 6.07 Å². The fourth-order valence-corrected chi connectivity index (χ4v) is 2.89. The van der Waals surface area contributed by atoms with Gasteiger partial charge in [-0.3, -0.25) is 4.98 Å². The van der Waals surface area contributed by atoms with Crippen molar-refractivity contribution in [2.24, 2.45) is 0 Å². The molecule has 0 unspecified atom stereocenters. The molecule has 2 aromatic rings. The largest absolute Gasteiger partial charge is 0.260 e.